The van der Waals surface area contributed by atoms with Gasteiger partial charge in [-0.05, 0) is 38.5 Å². The number of thiazole rings is 1. The largest absolute Gasteiger partial charge is 0.353 e. The number of hydrogen-bond donors (Lipinski definition) is 1. The minimum atomic E-state index is 0.120. The van der Waals surface area contributed by atoms with Crippen LogP contribution in [0.2, 0.25) is 0 Å². The van der Waals surface area contributed by atoms with E-state index in [0.717, 1.165) is 29.5 Å². The van der Waals surface area contributed by atoms with Crippen LogP contribution in [0.3, 0.4) is 0 Å². The number of carbonyl (C=O) groups excluding carboxylic acids is 1. The number of rotatable bonds is 3. The third-order valence-corrected chi connectivity index (χ3v) is 4.21. The monoisotopic (exact) mass is 252 g/mol. The van der Waals surface area contributed by atoms with Crippen molar-refractivity contribution in [2.75, 3.05) is 0 Å². The van der Waals surface area contributed by atoms with Gasteiger partial charge >= 0.3 is 0 Å². The van der Waals surface area contributed by atoms with Gasteiger partial charge in [0.25, 0.3) is 0 Å². The first kappa shape index (κ1) is 12.6. The Balaban J connectivity index is 1.77. The van der Waals surface area contributed by atoms with Gasteiger partial charge in [-0.3, -0.25) is 4.79 Å². The Morgan fingerprint density at radius 1 is 1.47 bits per heavy atom. The molecule has 0 atom stereocenters. The molecule has 0 aliphatic heterocycles. The van der Waals surface area contributed by atoms with Gasteiger partial charge in [-0.1, -0.05) is 6.92 Å². The number of amides is 1. The van der Waals surface area contributed by atoms with Gasteiger partial charge in [0.1, 0.15) is 0 Å². The van der Waals surface area contributed by atoms with E-state index in [4.69, 9.17) is 0 Å². The van der Waals surface area contributed by atoms with Gasteiger partial charge in [-0.25, -0.2) is 4.98 Å². The highest BCUT2D eigenvalue weighted by Crippen LogP contribution is 2.23. The Bertz CT molecular complexity index is 381. The molecule has 0 spiro atoms. The molecule has 0 unspecified atom stereocenters. The highest BCUT2D eigenvalue weighted by molar-refractivity contribution is 7.09. The summed E-state index contributed by atoms with van der Waals surface area (Å²) in [5.41, 5.74) is 0.897. The standard InChI is InChI=1S/C13H20N2OS/c1-9-3-5-11(6-4-9)15-13(16)7-12-8-17-10(2)14-12/h8-9,11H,3-7H2,1-2H3,(H,15,16). The fourth-order valence-corrected chi connectivity index (χ4v) is 2.95. The van der Waals surface area contributed by atoms with Crippen molar-refractivity contribution in [3.05, 3.63) is 16.1 Å². The molecule has 1 heterocycles. The van der Waals surface area contributed by atoms with Gasteiger partial charge in [-0.2, -0.15) is 0 Å². The van der Waals surface area contributed by atoms with Crippen molar-refractivity contribution < 1.29 is 4.79 Å². The second-order valence-corrected chi connectivity index (χ2v) is 6.12. The summed E-state index contributed by atoms with van der Waals surface area (Å²) in [6.45, 7) is 4.25. The Kier molecular flexibility index (Phi) is 4.15. The van der Waals surface area contributed by atoms with Crippen LogP contribution in [0.15, 0.2) is 5.38 Å². The quantitative estimate of drug-likeness (QED) is 0.898. The van der Waals surface area contributed by atoms with Gasteiger partial charge in [0.15, 0.2) is 0 Å². The van der Waals surface area contributed by atoms with Gasteiger partial charge < -0.3 is 5.32 Å². The average Bonchev–Trinajstić information content (AvgIpc) is 2.67. The van der Waals surface area contributed by atoms with E-state index in [1.54, 1.807) is 11.3 Å². The maximum atomic E-state index is 11.8. The summed E-state index contributed by atoms with van der Waals surface area (Å²) in [6.07, 6.45) is 5.16. The SMILES string of the molecule is Cc1nc(CC(=O)NC2CCC(C)CC2)cs1. The van der Waals surface area contributed by atoms with E-state index < -0.39 is 0 Å². The van der Waals surface area contributed by atoms with E-state index in [2.05, 4.69) is 17.2 Å². The summed E-state index contributed by atoms with van der Waals surface area (Å²) in [7, 11) is 0. The van der Waals surface area contributed by atoms with Crippen molar-refractivity contribution in [1.82, 2.24) is 10.3 Å². The molecule has 2 rings (SSSR count). The van der Waals surface area contributed by atoms with Gasteiger partial charge in [0, 0.05) is 11.4 Å². The molecule has 1 aromatic heterocycles. The second kappa shape index (κ2) is 5.63. The maximum absolute atomic E-state index is 11.8. The van der Waals surface area contributed by atoms with Crippen LogP contribution in [0, 0.1) is 12.8 Å². The van der Waals surface area contributed by atoms with Crippen LogP contribution in [0.4, 0.5) is 0 Å². The van der Waals surface area contributed by atoms with Crippen LogP contribution in [0.1, 0.15) is 43.3 Å². The average molecular weight is 252 g/mol. The molecule has 1 aliphatic carbocycles. The Hall–Kier alpha value is -0.900. The lowest BCUT2D eigenvalue weighted by atomic mass is 9.87. The zero-order valence-corrected chi connectivity index (χ0v) is 11.3. The Morgan fingerprint density at radius 2 is 2.18 bits per heavy atom. The summed E-state index contributed by atoms with van der Waals surface area (Å²) < 4.78 is 0. The van der Waals surface area contributed by atoms with Crippen molar-refractivity contribution in [2.24, 2.45) is 5.92 Å². The molecule has 0 saturated heterocycles. The molecule has 1 aromatic rings. The molecule has 4 heteroatoms. The zero-order valence-electron chi connectivity index (χ0n) is 10.5. The molecule has 3 nitrogen and oxygen atoms in total. The van der Waals surface area contributed by atoms with Crippen molar-refractivity contribution in [1.29, 1.82) is 0 Å². The molecule has 1 amide bonds. The van der Waals surface area contributed by atoms with E-state index in [9.17, 15) is 4.79 Å². The van der Waals surface area contributed by atoms with Crippen LogP contribution >= 0.6 is 11.3 Å². The first-order chi connectivity index (χ1) is 8.13. The fraction of sp³-hybridized carbons (Fsp3) is 0.692. The minimum Gasteiger partial charge on any atom is -0.353 e. The maximum Gasteiger partial charge on any atom is 0.226 e. The summed E-state index contributed by atoms with van der Waals surface area (Å²) >= 11 is 1.60. The second-order valence-electron chi connectivity index (χ2n) is 5.06. The molecule has 1 fully saturated rings. The van der Waals surface area contributed by atoms with Crippen LogP contribution in [0.5, 0.6) is 0 Å². The molecule has 0 bridgehead atoms. The Morgan fingerprint density at radius 3 is 2.76 bits per heavy atom. The topological polar surface area (TPSA) is 42.0 Å². The van der Waals surface area contributed by atoms with E-state index in [0.29, 0.717) is 12.5 Å². The highest BCUT2D eigenvalue weighted by Gasteiger charge is 2.19. The lowest BCUT2D eigenvalue weighted by molar-refractivity contribution is -0.121. The lowest BCUT2D eigenvalue weighted by Gasteiger charge is -2.26. The molecule has 17 heavy (non-hydrogen) atoms. The highest BCUT2D eigenvalue weighted by atomic mass is 32.1. The third-order valence-electron chi connectivity index (χ3n) is 3.39. The molecule has 94 valence electrons. The minimum absolute atomic E-state index is 0.120. The summed E-state index contributed by atoms with van der Waals surface area (Å²) in [5.74, 6) is 0.944. The van der Waals surface area contributed by atoms with Crippen LogP contribution in [0.25, 0.3) is 0 Å². The van der Waals surface area contributed by atoms with E-state index in [1.165, 1.54) is 12.8 Å². The predicted octanol–water partition coefficient (Wildman–Crippen LogP) is 2.69. The first-order valence-electron chi connectivity index (χ1n) is 6.34. The number of carbonyl (C=O) groups is 1. The Labute approximate surface area is 107 Å². The van der Waals surface area contributed by atoms with Crippen molar-refractivity contribution in [3.8, 4) is 0 Å². The van der Waals surface area contributed by atoms with Crippen molar-refractivity contribution in [3.63, 3.8) is 0 Å². The number of nitrogens with zero attached hydrogens (tertiary/aromatic N) is 1. The van der Waals surface area contributed by atoms with E-state index >= 15 is 0 Å². The molecule has 0 radical (unpaired) electrons. The normalized spacial score (nSPS) is 24.6. The van der Waals surface area contributed by atoms with Crippen LogP contribution < -0.4 is 5.32 Å². The molecule has 0 aromatic carbocycles. The van der Waals surface area contributed by atoms with E-state index in [-0.39, 0.29) is 5.91 Å². The summed E-state index contributed by atoms with van der Waals surface area (Å²) in [6, 6.07) is 0.387. The summed E-state index contributed by atoms with van der Waals surface area (Å²) in [5, 5.41) is 6.12. The van der Waals surface area contributed by atoms with Crippen molar-refractivity contribution >= 4 is 17.2 Å². The lowest BCUT2D eigenvalue weighted by Crippen LogP contribution is -2.38. The smallest absolute Gasteiger partial charge is 0.226 e. The molecule has 1 aliphatic rings. The number of aryl methyl sites for hydroxylation is 1. The van der Waals surface area contributed by atoms with Crippen LogP contribution in [-0.2, 0) is 11.2 Å². The van der Waals surface area contributed by atoms with Crippen molar-refractivity contribution in [2.45, 2.75) is 52.0 Å². The first-order valence-corrected chi connectivity index (χ1v) is 7.22. The number of hydrogen-bond acceptors (Lipinski definition) is 3. The van der Waals surface area contributed by atoms with Gasteiger partial charge in [-0.15, -0.1) is 11.3 Å². The fourth-order valence-electron chi connectivity index (χ4n) is 2.34. The predicted molar refractivity (Wildman–Crippen MR) is 70.1 cm³/mol. The number of nitrogens with one attached hydrogen (secondary N) is 1. The van der Waals surface area contributed by atoms with Gasteiger partial charge in [0.2, 0.25) is 5.91 Å². The number of aromatic nitrogens is 1. The molecular formula is C13H20N2OS. The summed E-state index contributed by atoms with van der Waals surface area (Å²) in [4.78, 5) is 16.1. The third kappa shape index (κ3) is 3.80. The van der Waals surface area contributed by atoms with Crippen LogP contribution in [-0.4, -0.2) is 16.9 Å². The zero-order chi connectivity index (χ0) is 12.3. The van der Waals surface area contributed by atoms with E-state index in [1.807, 2.05) is 12.3 Å². The molecule has 1 N–H and O–H groups in total. The molecular weight excluding hydrogens is 232 g/mol. The van der Waals surface area contributed by atoms with Gasteiger partial charge in [0.05, 0.1) is 17.1 Å². The molecule has 1 saturated carbocycles.